The monoisotopic (exact) mass is 670 g/mol. The number of ether oxygens (including phenoxy) is 1. The van der Waals surface area contributed by atoms with E-state index in [9.17, 15) is 14.4 Å². The Labute approximate surface area is 181 Å². The predicted octanol–water partition coefficient (Wildman–Crippen LogP) is 4.13. The van der Waals surface area contributed by atoms with Crippen LogP contribution in [0.4, 0.5) is 11.4 Å². The number of nitrogens with one attached hydrogen (secondary N) is 2. The lowest BCUT2D eigenvalue weighted by molar-refractivity contribution is -0.141. The summed E-state index contributed by atoms with van der Waals surface area (Å²) >= 11 is 6.43. The third-order valence-corrected chi connectivity index (χ3v) is 5.65. The molecule has 0 bridgehead atoms. The number of anilines is 2. The quantitative estimate of drug-likeness (QED) is 0.260. The highest BCUT2D eigenvalue weighted by molar-refractivity contribution is 14.1. The van der Waals surface area contributed by atoms with Crippen molar-refractivity contribution < 1.29 is 19.1 Å². The van der Waals surface area contributed by atoms with Gasteiger partial charge in [-0.05, 0) is 80.3 Å². The molecule has 0 aliphatic heterocycles. The van der Waals surface area contributed by atoms with Gasteiger partial charge in [-0.2, -0.15) is 0 Å². The molecule has 2 N–H and O–H groups in total. The van der Waals surface area contributed by atoms with Gasteiger partial charge in [-0.1, -0.05) is 6.92 Å². The molecular weight excluding hydrogens is 653 g/mol. The van der Waals surface area contributed by atoms with Gasteiger partial charge in [-0.15, -0.1) is 0 Å². The highest BCUT2D eigenvalue weighted by Gasteiger charge is 2.17. The Hall–Kier alpha value is -0.180. The van der Waals surface area contributed by atoms with Crippen LogP contribution >= 0.6 is 67.8 Å². The zero-order valence-electron chi connectivity index (χ0n) is 13.2. The maximum atomic E-state index is 12.1. The molecule has 0 atom stereocenters. The summed E-state index contributed by atoms with van der Waals surface area (Å²) in [4.78, 5) is 34.5. The molecule has 9 heteroatoms. The third kappa shape index (κ3) is 6.98. The predicted molar refractivity (Wildman–Crippen MR) is 118 cm³/mol. The summed E-state index contributed by atoms with van der Waals surface area (Å²) in [6, 6.07) is 1.91. The van der Waals surface area contributed by atoms with E-state index < -0.39 is 0 Å². The van der Waals surface area contributed by atoms with Crippen molar-refractivity contribution in [1.29, 1.82) is 0 Å². The Morgan fingerprint density at radius 1 is 1.04 bits per heavy atom. The zero-order valence-corrected chi connectivity index (χ0v) is 19.6. The second-order valence-electron chi connectivity index (χ2n) is 4.80. The fourth-order valence-corrected chi connectivity index (χ4v) is 5.61. The second-order valence-corrected chi connectivity index (χ2v) is 8.20. The zero-order chi connectivity index (χ0) is 18.3. The number of carbonyl (C=O) groups excluding carboxylic acids is 3. The summed E-state index contributed by atoms with van der Waals surface area (Å²) in [6.45, 7) is 3.34. The van der Waals surface area contributed by atoms with Crippen LogP contribution < -0.4 is 10.6 Å². The Bertz CT molecular complexity index is 650. The van der Waals surface area contributed by atoms with E-state index in [0.29, 0.717) is 24.2 Å². The number of carbonyl (C=O) groups is 3. The average molecular weight is 670 g/mol. The summed E-state index contributed by atoms with van der Waals surface area (Å²) in [7, 11) is 0. The number of halogens is 3. The van der Waals surface area contributed by atoms with Gasteiger partial charge in [0.15, 0.2) is 0 Å². The first-order valence-electron chi connectivity index (χ1n) is 7.16. The van der Waals surface area contributed by atoms with E-state index in [2.05, 4.69) is 78.4 Å². The third-order valence-electron chi connectivity index (χ3n) is 2.87. The van der Waals surface area contributed by atoms with E-state index in [0.717, 1.165) is 10.7 Å². The van der Waals surface area contributed by atoms with Crippen molar-refractivity contribution in [3.05, 3.63) is 16.8 Å². The van der Waals surface area contributed by atoms with Crippen LogP contribution in [0.15, 0.2) is 6.07 Å². The van der Waals surface area contributed by atoms with Crippen LogP contribution in [-0.2, 0) is 19.1 Å². The number of esters is 1. The Balaban J connectivity index is 2.83. The normalized spacial score (nSPS) is 10.2. The average Bonchev–Trinajstić information content (AvgIpc) is 2.51. The summed E-state index contributed by atoms with van der Waals surface area (Å²) in [6.07, 6.45) is 1.10. The smallest absolute Gasteiger partial charge is 0.302 e. The van der Waals surface area contributed by atoms with Crippen molar-refractivity contribution in [2.45, 2.75) is 33.1 Å². The molecule has 0 aliphatic carbocycles. The molecule has 6 nitrogen and oxygen atoms in total. The van der Waals surface area contributed by atoms with Crippen LogP contribution in [0.2, 0.25) is 0 Å². The Morgan fingerprint density at radius 3 is 2.08 bits per heavy atom. The van der Waals surface area contributed by atoms with Crippen LogP contribution in [0.1, 0.15) is 33.1 Å². The van der Waals surface area contributed by atoms with Gasteiger partial charge < -0.3 is 15.4 Å². The first kappa shape index (κ1) is 21.9. The second kappa shape index (κ2) is 10.7. The first-order valence-corrected chi connectivity index (χ1v) is 10.4. The summed E-state index contributed by atoms with van der Waals surface area (Å²) < 4.78 is 7.41. The topological polar surface area (TPSA) is 84.5 Å². The van der Waals surface area contributed by atoms with Crippen molar-refractivity contribution in [2.24, 2.45) is 0 Å². The van der Waals surface area contributed by atoms with Crippen LogP contribution in [0.25, 0.3) is 0 Å². The number of hydrogen-bond donors (Lipinski definition) is 2. The van der Waals surface area contributed by atoms with Gasteiger partial charge in [0.1, 0.15) is 0 Å². The molecule has 0 spiro atoms. The molecule has 0 heterocycles. The molecule has 0 aromatic heterocycles. The molecule has 0 saturated carbocycles. The maximum Gasteiger partial charge on any atom is 0.302 e. The maximum absolute atomic E-state index is 12.1. The standard InChI is InChI=1S/C15H17I3N2O4/c1-3-11(22)19-14-9(16)7-10(17)15(13(14)18)20-12(23)5-4-6-24-8(2)21/h7H,3-6H2,1-2H3,(H,19,22)(H,20,23). The highest BCUT2D eigenvalue weighted by atomic mass is 127. The lowest BCUT2D eigenvalue weighted by Gasteiger charge is -2.16. The van der Waals surface area contributed by atoms with Gasteiger partial charge in [-0.3, -0.25) is 14.4 Å². The lowest BCUT2D eigenvalue weighted by Crippen LogP contribution is -2.17. The van der Waals surface area contributed by atoms with E-state index in [4.69, 9.17) is 4.74 Å². The fraction of sp³-hybridized carbons (Fsp3) is 0.400. The van der Waals surface area contributed by atoms with Crippen LogP contribution in [0, 0.1) is 10.7 Å². The Morgan fingerprint density at radius 2 is 1.58 bits per heavy atom. The van der Waals surface area contributed by atoms with Crippen LogP contribution in [0.5, 0.6) is 0 Å². The van der Waals surface area contributed by atoms with Crippen molar-refractivity contribution >= 4 is 96.9 Å². The summed E-state index contributed by atoms with van der Waals surface area (Å²) in [5.41, 5.74) is 1.39. The van der Waals surface area contributed by atoms with E-state index in [1.54, 1.807) is 6.92 Å². The minimum absolute atomic E-state index is 0.0781. The van der Waals surface area contributed by atoms with Crippen molar-refractivity contribution in [2.75, 3.05) is 17.2 Å². The van der Waals surface area contributed by atoms with Crippen LogP contribution in [0.3, 0.4) is 0 Å². The van der Waals surface area contributed by atoms with Gasteiger partial charge in [0, 0.05) is 26.9 Å². The minimum atomic E-state index is -0.353. The number of benzene rings is 1. The molecule has 132 valence electrons. The molecule has 0 aliphatic rings. The molecule has 0 saturated heterocycles. The molecular formula is C15H17I3N2O4. The lowest BCUT2D eigenvalue weighted by atomic mass is 10.2. The molecule has 0 unspecified atom stereocenters. The van der Waals surface area contributed by atoms with E-state index in [-0.39, 0.29) is 30.8 Å². The van der Waals surface area contributed by atoms with Gasteiger partial charge in [0.05, 0.1) is 21.6 Å². The molecule has 1 aromatic rings. The number of rotatable bonds is 7. The SMILES string of the molecule is CCC(=O)Nc1c(I)cc(I)c(NC(=O)CCCOC(C)=O)c1I. The molecule has 24 heavy (non-hydrogen) atoms. The summed E-state index contributed by atoms with van der Waals surface area (Å²) in [5.74, 6) is -0.592. The molecule has 2 amide bonds. The van der Waals surface area contributed by atoms with E-state index >= 15 is 0 Å². The number of hydrogen-bond acceptors (Lipinski definition) is 4. The summed E-state index contributed by atoms with van der Waals surface area (Å²) in [5, 5.41) is 5.74. The molecule has 1 rings (SSSR count). The van der Waals surface area contributed by atoms with Crippen LogP contribution in [-0.4, -0.2) is 24.4 Å². The molecule has 0 fully saturated rings. The first-order chi connectivity index (χ1) is 11.3. The Kier molecular flexibility index (Phi) is 9.77. The van der Waals surface area contributed by atoms with Crippen molar-refractivity contribution in [3.63, 3.8) is 0 Å². The number of amides is 2. The van der Waals surface area contributed by atoms with Gasteiger partial charge >= 0.3 is 5.97 Å². The molecule has 0 radical (unpaired) electrons. The highest BCUT2D eigenvalue weighted by Crippen LogP contribution is 2.35. The largest absolute Gasteiger partial charge is 0.466 e. The minimum Gasteiger partial charge on any atom is -0.466 e. The fourth-order valence-electron chi connectivity index (χ4n) is 1.70. The van der Waals surface area contributed by atoms with Gasteiger partial charge in [-0.25, -0.2) is 0 Å². The van der Waals surface area contributed by atoms with Gasteiger partial charge in [0.2, 0.25) is 11.8 Å². The van der Waals surface area contributed by atoms with Gasteiger partial charge in [0.25, 0.3) is 0 Å². The van der Waals surface area contributed by atoms with E-state index in [1.165, 1.54) is 6.92 Å². The van der Waals surface area contributed by atoms with E-state index in [1.807, 2.05) is 6.07 Å². The van der Waals surface area contributed by atoms with Crippen molar-refractivity contribution in [1.82, 2.24) is 0 Å². The molecule has 1 aromatic carbocycles. The van der Waals surface area contributed by atoms with Crippen molar-refractivity contribution in [3.8, 4) is 0 Å².